The first kappa shape index (κ1) is 15.2. The number of rotatable bonds is 4. The minimum absolute atomic E-state index is 0.0316. The van der Waals surface area contributed by atoms with E-state index in [-0.39, 0.29) is 17.2 Å². The van der Waals surface area contributed by atoms with Gasteiger partial charge in [-0.05, 0) is 30.7 Å². The normalized spacial score (nSPS) is 11.1. The molecular weight excluding hydrogens is 288 g/mol. The number of nitrogens with two attached hydrogens (primary N) is 1. The van der Waals surface area contributed by atoms with Gasteiger partial charge in [-0.1, -0.05) is 35.9 Å². The number of sulfonamides is 1. The lowest BCUT2D eigenvalue weighted by molar-refractivity contribution is -0.115. The Morgan fingerprint density at radius 3 is 2.52 bits per heavy atom. The monoisotopic (exact) mass is 304 g/mol. The van der Waals surface area contributed by atoms with Crippen molar-refractivity contribution in [1.29, 1.82) is 0 Å². The predicted octanol–water partition coefficient (Wildman–Crippen LogP) is 1.82. The summed E-state index contributed by atoms with van der Waals surface area (Å²) in [6, 6.07) is 13.5. The lowest BCUT2D eigenvalue weighted by Crippen LogP contribution is -2.16. The van der Waals surface area contributed by atoms with E-state index in [2.05, 4.69) is 5.32 Å². The fraction of sp³-hybridized carbons (Fsp3) is 0.133. The molecule has 0 heterocycles. The number of nitrogens with one attached hydrogen (secondary N) is 1. The Bertz CT molecular complexity index is 770. The van der Waals surface area contributed by atoms with Crippen molar-refractivity contribution >= 4 is 21.6 Å². The van der Waals surface area contributed by atoms with Gasteiger partial charge in [0, 0.05) is 5.69 Å². The highest BCUT2D eigenvalue weighted by molar-refractivity contribution is 7.89. The molecule has 2 rings (SSSR count). The molecular formula is C15H16N2O3S. The van der Waals surface area contributed by atoms with E-state index in [1.54, 1.807) is 6.07 Å². The zero-order valence-corrected chi connectivity index (χ0v) is 12.4. The van der Waals surface area contributed by atoms with Crippen molar-refractivity contribution in [1.82, 2.24) is 0 Å². The van der Waals surface area contributed by atoms with Gasteiger partial charge in [0.25, 0.3) is 0 Å². The molecule has 5 nitrogen and oxygen atoms in total. The first-order chi connectivity index (χ1) is 9.84. The molecule has 0 saturated heterocycles. The summed E-state index contributed by atoms with van der Waals surface area (Å²) in [6.07, 6.45) is 0.223. The lowest BCUT2D eigenvalue weighted by atomic mass is 10.1. The van der Waals surface area contributed by atoms with E-state index in [1.165, 1.54) is 18.2 Å². The maximum absolute atomic E-state index is 12.0. The van der Waals surface area contributed by atoms with E-state index < -0.39 is 10.0 Å². The van der Waals surface area contributed by atoms with Crippen molar-refractivity contribution in [2.75, 3.05) is 5.32 Å². The number of carbonyl (C=O) groups excluding carboxylic acids is 1. The van der Waals surface area contributed by atoms with Crippen molar-refractivity contribution in [3.8, 4) is 0 Å². The van der Waals surface area contributed by atoms with Gasteiger partial charge < -0.3 is 5.32 Å². The van der Waals surface area contributed by atoms with Gasteiger partial charge in [0.2, 0.25) is 15.9 Å². The van der Waals surface area contributed by atoms with Crippen LogP contribution in [-0.2, 0) is 21.2 Å². The van der Waals surface area contributed by atoms with Crippen LogP contribution in [0.5, 0.6) is 0 Å². The molecule has 6 heteroatoms. The van der Waals surface area contributed by atoms with Gasteiger partial charge in [-0.15, -0.1) is 0 Å². The van der Waals surface area contributed by atoms with Gasteiger partial charge in [0.1, 0.15) is 0 Å². The standard InChI is InChI=1S/C15H16N2O3S/c1-11-4-2-5-12(8-11)9-15(18)17-13-6-3-7-14(10-13)21(16,19)20/h2-8,10H,9H2,1H3,(H,17,18)(H2,16,19,20). The van der Waals surface area contributed by atoms with Crippen molar-refractivity contribution in [2.24, 2.45) is 5.14 Å². The van der Waals surface area contributed by atoms with Crippen LogP contribution in [0.15, 0.2) is 53.4 Å². The summed E-state index contributed by atoms with van der Waals surface area (Å²) in [5, 5.41) is 7.72. The second-order valence-corrected chi connectivity index (χ2v) is 6.35. The largest absolute Gasteiger partial charge is 0.326 e. The van der Waals surface area contributed by atoms with E-state index in [0.717, 1.165) is 11.1 Å². The second-order valence-electron chi connectivity index (χ2n) is 4.79. The maximum Gasteiger partial charge on any atom is 0.238 e. The second kappa shape index (κ2) is 6.07. The SMILES string of the molecule is Cc1cccc(CC(=O)Nc2cccc(S(N)(=O)=O)c2)c1. The Labute approximate surface area is 123 Å². The summed E-state index contributed by atoms with van der Waals surface area (Å²) in [5.41, 5.74) is 2.38. The summed E-state index contributed by atoms with van der Waals surface area (Å²) in [6.45, 7) is 1.96. The van der Waals surface area contributed by atoms with Gasteiger partial charge >= 0.3 is 0 Å². The van der Waals surface area contributed by atoms with Crippen LogP contribution in [0.3, 0.4) is 0 Å². The average Bonchev–Trinajstić information content (AvgIpc) is 2.37. The van der Waals surface area contributed by atoms with E-state index in [0.29, 0.717) is 5.69 Å². The Hall–Kier alpha value is -2.18. The summed E-state index contributed by atoms with van der Waals surface area (Å²) >= 11 is 0. The number of carbonyl (C=O) groups is 1. The number of hydrogen-bond acceptors (Lipinski definition) is 3. The van der Waals surface area contributed by atoms with Crippen LogP contribution in [0.25, 0.3) is 0 Å². The summed E-state index contributed by atoms with van der Waals surface area (Å²) in [5.74, 6) is -0.216. The van der Waals surface area contributed by atoms with Crippen molar-refractivity contribution in [2.45, 2.75) is 18.2 Å². The highest BCUT2D eigenvalue weighted by Gasteiger charge is 2.09. The Morgan fingerprint density at radius 1 is 1.14 bits per heavy atom. The highest BCUT2D eigenvalue weighted by Crippen LogP contribution is 2.14. The van der Waals surface area contributed by atoms with Crippen molar-refractivity contribution in [3.05, 3.63) is 59.7 Å². The summed E-state index contributed by atoms with van der Waals surface area (Å²) in [7, 11) is -3.78. The number of primary sulfonamides is 1. The minimum Gasteiger partial charge on any atom is -0.326 e. The molecule has 0 atom stereocenters. The quantitative estimate of drug-likeness (QED) is 0.903. The van der Waals surface area contributed by atoms with Crippen molar-refractivity contribution in [3.63, 3.8) is 0 Å². The smallest absolute Gasteiger partial charge is 0.238 e. The first-order valence-corrected chi connectivity index (χ1v) is 7.87. The van der Waals surface area contributed by atoms with E-state index in [9.17, 15) is 13.2 Å². The van der Waals surface area contributed by atoms with Crippen LogP contribution in [0.4, 0.5) is 5.69 Å². The first-order valence-electron chi connectivity index (χ1n) is 6.33. The van der Waals surface area contributed by atoms with Crippen LogP contribution in [0.2, 0.25) is 0 Å². The number of hydrogen-bond donors (Lipinski definition) is 2. The number of amides is 1. The third-order valence-corrected chi connectivity index (χ3v) is 3.80. The molecule has 2 aromatic rings. The van der Waals surface area contributed by atoms with Crippen LogP contribution in [0, 0.1) is 6.92 Å². The summed E-state index contributed by atoms with van der Waals surface area (Å²) in [4.78, 5) is 11.9. The molecule has 2 aromatic carbocycles. The third kappa shape index (κ3) is 4.40. The fourth-order valence-electron chi connectivity index (χ4n) is 1.96. The highest BCUT2D eigenvalue weighted by atomic mass is 32.2. The molecule has 0 fully saturated rings. The molecule has 21 heavy (non-hydrogen) atoms. The summed E-state index contributed by atoms with van der Waals surface area (Å²) < 4.78 is 22.5. The van der Waals surface area contributed by atoms with Gasteiger partial charge in [-0.25, -0.2) is 13.6 Å². The number of aryl methyl sites for hydroxylation is 1. The Kier molecular flexibility index (Phi) is 4.40. The topological polar surface area (TPSA) is 89.3 Å². The third-order valence-electron chi connectivity index (χ3n) is 2.89. The number of benzene rings is 2. The molecule has 110 valence electrons. The number of anilines is 1. The Balaban J connectivity index is 2.10. The van der Waals surface area contributed by atoms with Gasteiger partial charge in [-0.3, -0.25) is 4.79 Å². The molecule has 1 amide bonds. The van der Waals surface area contributed by atoms with Crippen molar-refractivity contribution < 1.29 is 13.2 Å². The van der Waals surface area contributed by atoms with E-state index in [4.69, 9.17) is 5.14 Å². The predicted molar refractivity (Wildman–Crippen MR) is 81.3 cm³/mol. The van der Waals surface area contributed by atoms with Gasteiger partial charge in [-0.2, -0.15) is 0 Å². The zero-order chi connectivity index (χ0) is 15.5. The zero-order valence-electron chi connectivity index (χ0n) is 11.5. The average molecular weight is 304 g/mol. The molecule has 3 N–H and O–H groups in total. The fourth-order valence-corrected chi connectivity index (χ4v) is 2.52. The van der Waals surface area contributed by atoms with Gasteiger partial charge in [0.15, 0.2) is 0 Å². The molecule has 0 aromatic heterocycles. The molecule has 0 spiro atoms. The van der Waals surface area contributed by atoms with E-state index >= 15 is 0 Å². The molecule has 0 unspecified atom stereocenters. The van der Waals surface area contributed by atoms with Crippen LogP contribution >= 0.6 is 0 Å². The van der Waals surface area contributed by atoms with Gasteiger partial charge in [0.05, 0.1) is 11.3 Å². The van der Waals surface area contributed by atoms with Crippen LogP contribution in [0.1, 0.15) is 11.1 Å². The Morgan fingerprint density at radius 2 is 1.86 bits per heavy atom. The molecule has 0 aliphatic carbocycles. The van der Waals surface area contributed by atoms with Crippen LogP contribution < -0.4 is 10.5 Å². The maximum atomic E-state index is 12.0. The molecule has 0 bridgehead atoms. The molecule has 0 aliphatic rings. The molecule has 0 radical (unpaired) electrons. The molecule has 0 aliphatic heterocycles. The molecule has 0 saturated carbocycles. The minimum atomic E-state index is -3.78. The van der Waals surface area contributed by atoms with E-state index in [1.807, 2.05) is 31.2 Å². The van der Waals surface area contributed by atoms with Crippen LogP contribution in [-0.4, -0.2) is 14.3 Å². The lowest BCUT2D eigenvalue weighted by Gasteiger charge is -2.07.